The highest BCUT2D eigenvalue weighted by molar-refractivity contribution is 7.87. The molecule has 3 rings (SSSR count). The Kier molecular flexibility index (Phi) is 8.32. The minimum absolute atomic E-state index is 0.0309. The van der Waals surface area contributed by atoms with Gasteiger partial charge in [-0.05, 0) is 61.4 Å². The molecule has 3 aromatic rings. The lowest BCUT2D eigenvalue weighted by Crippen LogP contribution is -2.24. The molecule has 0 spiro atoms. The molecule has 33 heavy (non-hydrogen) atoms. The minimum Gasteiger partial charge on any atom is -0.377 e. The van der Waals surface area contributed by atoms with Crippen molar-refractivity contribution in [3.63, 3.8) is 0 Å². The van der Waals surface area contributed by atoms with E-state index in [1.165, 1.54) is 6.07 Å². The molecular weight excluding hydrogens is 438 g/mol. The SMILES string of the molecule is CCCN(CCC)c1ccc(S(=O)(=O)Oc2ccccc2NC(=O)Nc2ccccc2)cc1. The molecule has 0 radical (unpaired) electrons. The van der Waals surface area contributed by atoms with E-state index in [0.29, 0.717) is 5.69 Å². The van der Waals surface area contributed by atoms with E-state index in [0.717, 1.165) is 31.6 Å². The van der Waals surface area contributed by atoms with Crippen LogP contribution < -0.4 is 19.7 Å². The van der Waals surface area contributed by atoms with Gasteiger partial charge in [-0.25, -0.2) is 4.79 Å². The third-order valence-electron chi connectivity index (χ3n) is 4.84. The van der Waals surface area contributed by atoms with Gasteiger partial charge in [0.15, 0.2) is 5.75 Å². The zero-order valence-corrected chi connectivity index (χ0v) is 19.6. The van der Waals surface area contributed by atoms with Gasteiger partial charge < -0.3 is 19.7 Å². The molecule has 0 aliphatic heterocycles. The fourth-order valence-corrected chi connectivity index (χ4v) is 4.30. The number of carbonyl (C=O) groups is 1. The number of hydrogen-bond donors (Lipinski definition) is 2. The van der Waals surface area contributed by atoms with E-state index in [9.17, 15) is 13.2 Å². The zero-order chi connectivity index (χ0) is 23.7. The Hall–Kier alpha value is -3.52. The second kappa shape index (κ2) is 11.4. The summed E-state index contributed by atoms with van der Waals surface area (Å²) in [4.78, 5) is 14.6. The Morgan fingerprint density at radius 2 is 1.42 bits per heavy atom. The van der Waals surface area contributed by atoms with E-state index in [-0.39, 0.29) is 16.3 Å². The Balaban J connectivity index is 1.74. The maximum atomic E-state index is 12.9. The first-order valence-corrected chi connectivity index (χ1v) is 12.4. The normalized spacial score (nSPS) is 11.0. The van der Waals surface area contributed by atoms with Crippen LogP contribution >= 0.6 is 0 Å². The molecule has 7 nitrogen and oxygen atoms in total. The van der Waals surface area contributed by atoms with Gasteiger partial charge in [-0.3, -0.25) is 0 Å². The number of benzene rings is 3. The van der Waals surface area contributed by atoms with Crippen LogP contribution in [0.5, 0.6) is 5.75 Å². The van der Waals surface area contributed by atoms with Crippen molar-refractivity contribution in [2.24, 2.45) is 0 Å². The number of amides is 2. The topological polar surface area (TPSA) is 87.7 Å². The lowest BCUT2D eigenvalue weighted by Gasteiger charge is -2.23. The molecule has 0 aliphatic carbocycles. The number of hydrogen-bond acceptors (Lipinski definition) is 5. The molecule has 2 N–H and O–H groups in total. The van der Waals surface area contributed by atoms with Crippen molar-refractivity contribution in [3.8, 4) is 5.75 Å². The predicted molar refractivity (Wildman–Crippen MR) is 133 cm³/mol. The van der Waals surface area contributed by atoms with Crippen LogP contribution in [-0.2, 0) is 10.1 Å². The van der Waals surface area contributed by atoms with Gasteiger partial charge in [0.05, 0.1) is 5.69 Å². The highest BCUT2D eigenvalue weighted by Crippen LogP contribution is 2.28. The van der Waals surface area contributed by atoms with Crippen molar-refractivity contribution in [3.05, 3.63) is 78.9 Å². The van der Waals surface area contributed by atoms with E-state index in [2.05, 4.69) is 29.4 Å². The van der Waals surface area contributed by atoms with Gasteiger partial charge in [0.1, 0.15) is 4.90 Å². The Bertz CT molecular complexity index is 1140. The molecule has 0 bridgehead atoms. The molecule has 3 aromatic carbocycles. The average molecular weight is 468 g/mol. The Morgan fingerprint density at radius 3 is 2.06 bits per heavy atom. The smallest absolute Gasteiger partial charge is 0.339 e. The predicted octanol–water partition coefficient (Wildman–Crippen LogP) is 5.72. The van der Waals surface area contributed by atoms with Gasteiger partial charge in [0, 0.05) is 24.5 Å². The average Bonchev–Trinajstić information content (AvgIpc) is 2.81. The third-order valence-corrected chi connectivity index (χ3v) is 6.09. The molecule has 0 unspecified atom stereocenters. The number of nitrogens with one attached hydrogen (secondary N) is 2. The fourth-order valence-electron chi connectivity index (χ4n) is 3.35. The molecule has 0 saturated carbocycles. The first kappa shape index (κ1) is 24.1. The van der Waals surface area contributed by atoms with Gasteiger partial charge in [0.25, 0.3) is 0 Å². The van der Waals surface area contributed by atoms with E-state index in [1.54, 1.807) is 66.7 Å². The van der Waals surface area contributed by atoms with E-state index >= 15 is 0 Å². The highest BCUT2D eigenvalue weighted by atomic mass is 32.2. The summed E-state index contributed by atoms with van der Waals surface area (Å²) in [6.07, 6.45) is 2.01. The number of para-hydroxylation sites is 3. The third kappa shape index (κ3) is 6.73. The summed E-state index contributed by atoms with van der Waals surface area (Å²) in [5, 5.41) is 5.33. The molecular formula is C25H29N3O4S. The van der Waals surface area contributed by atoms with Crippen molar-refractivity contribution in [1.29, 1.82) is 0 Å². The van der Waals surface area contributed by atoms with Crippen LogP contribution in [0.2, 0.25) is 0 Å². The Labute approximate surface area is 195 Å². The maximum absolute atomic E-state index is 12.9. The quantitative estimate of drug-likeness (QED) is 0.372. The molecule has 0 saturated heterocycles. The Morgan fingerprint density at radius 1 is 0.818 bits per heavy atom. The maximum Gasteiger partial charge on any atom is 0.339 e. The molecule has 0 fully saturated rings. The number of rotatable bonds is 10. The largest absolute Gasteiger partial charge is 0.377 e. The molecule has 2 amide bonds. The monoisotopic (exact) mass is 467 g/mol. The fraction of sp³-hybridized carbons (Fsp3) is 0.240. The van der Waals surface area contributed by atoms with Gasteiger partial charge in [-0.15, -0.1) is 0 Å². The number of carbonyl (C=O) groups excluding carboxylic acids is 1. The van der Waals surface area contributed by atoms with E-state index in [4.69, 9.17) is 4.18 Å². The number of anilines is 3. The van der Waals surface area contributed by atoms with Gasteiger partial charge in [-0.2, -0.15) is 8.42 Å². The van der Waals surface area contributed by atoms with E-state index in [1.807, 2.05) is 6.07 Å². The van der Waals surface area contributed by atoms with Crippen molar-refractivity contribution in [2.45, 2.75) is 31.6 Å². The molecule has 8 heteroatoms. The summed E-state index contributed by atoms with van der Waals surface area (Å²) in [6, 6.07) is 21.5. The summed E-state index contributed by atoms with van der Waals surface area (Å²) in [5.41, 5.74) is 1.82. The van der Waals surface area contributed by atoms with Crippen LogP contribution in [0.1, 0.15) is 26.7 Å². The second-order valence-electron chi connectivity index (χ2n) is 7.46. The standard InChI is InChI=1S/C25H29N3O4S/c1-3-18-28(19-4-2)21-14-16-22(17-15-21)33(30,31)32-24-13-9-8-12-23(24)27-25(29)26-20-10-6-5-7-11-20/h5-17H,3-4,18-19H2,1-2H3,(H2,26,27,29). The number of urea groups is 1. The lowest BCUT2D eigenvalue weighted by molar-refractivity contribution is 0.262. The van der Waals surface area contributed by atoms with Crippen LogP contribution in [0.25, 0.3) is 0 Å². The molecule has 0 heterocycles. The molecule has 174 valence electrons. The first-order valence-electron chi connectivity index (χ1n) is 10.9. The van der Waals surface area contributed by atoms with Crippen molar-refractivity contribution in [1.82, 2.24) is 0 Å². The van der Waals surface area contributed by atoms with Gasteiger partial charge in [-0.1, -0.05) is 44.2 Å². The van der Waals surface area contributed by atoms with Crippen LogP contribution in [0.15, 0.2) is 83.8 Å². The summed E-state index contributed by atoms with van der Waals surface area (Å²) in [5.74, 6) is 0.0309. The van der Waals surface area contributed by atoms with Crippen molar-refractivity contribution >= 4 is 33.2 Å². The summed E-state index contributed by atoms with van der Waals surface area (Å²) < 4.78 is 31.2. The lowest BCUT2D eigenvalue weighted by atomic mass is 10.2. The van der Waals surface area contributed by atoms with Crippen molar-refractivity contribution in [2.75, 3.05) is 28.6 Å². The van der Waals surface area contributed by atoms with Crippen LogP contribution in [0.4, 0.5) is 21.9 Å². The first-order chi connectivity index (χ1) is 15.9. The second-order valence-corrected chi connectivity index (χ2v) is 9.01. The number of nitrogens with zero attached hydrogens (tertiary/aromatic N) is 1. The minimum atomic E-state index is -4.09. The molecule has 0 aromatic heterocycles. The molecule has 0 atom stereocenters. The van der Waals surface area contributed by atoms with Crippen LogP contribution in [-0.4, -0.2) is 27.5 Å². The molecule has 0 aliphatic rings. The van der Waals surface area contributed by atoms with Crippen LogP contribution in [0, 0.1) is 0 Å². The van der Waals surface area contributed by atoms with Crippen molar-refractivity contribution < 1.29 is 17.4 Å². The van der Waals surface area contributed by atoms with Gasteiger partial charge >= 0.3 is 16.1 Å². The zero-order valence-electron chi connectivity index (χ0n) is 18.8. The van der Waals surface area contributed by atoms with Crippen LogP contribution in [0.3, 0.4) is 0 Å². The highest BCUT2D eigenvalue weighted by Gasteiger charge is 2.20. The summed E-state index contributed by atoms with van der Waals surface area (Å²) in [7, 11) is -4.09. The summed E-state index contributed by atoms with van der Waals surface area (Å²) >= 11 is 0. The summed E-state index contributed by atoms with van der Waals surface area (Å²) in [6.45, 7) is 6.03. The van der Waals surface area contributed by atoms with E-state index < -0.39 is 16.1 Å². The van der Waals surface area contributed by atoms with Gasteiger partial charge in [0.2, 0.25) is 0 Å².